The number of carbonyl (C=O) groups excluding carboxylic acids is 1. The third kappa shape index (κ3) is 2.69. The van der Waals surface area contributed by atoms with Crippen molar-refractivity contribution in [2.75, 3.05) is 11.4 Å². The van der Waals surface area contributed by atoms with E-state index in [1.165, 1.54) is 18.2 Å². The van der Waals surface area contributed by atoms with E-state index in [4.69, 9.17) is 0 Å². The van der Waals surface area contributed by atoms with E-state index in [0.29, 0.717) is 17.6 Å². The second-order valence-corrected chi connectivity index (χ2v) is 6.65. The molecule has 2 aromatic carbocycles. The number of nitrogens with zero attached hydrogens (tertiary/aromatic N) is 2. The average Bonchev–Trinajstić information content (AvgIpc) is 2.64. The SMILES string of the molecule is Cc1cc(=O)c2cccc(F)c2n1CC(=O)N1CCCc2ccccc21. The van der Waals surface area contributed by atoms with Gasteiger partial charge in [0.1, 0.15) is 12.4 Å². The van der Waals surface area contributed by atoms with Crippen LogP contribution in [0.15, 0.2) is 53.3 Å². The Bertz CT molecular complexity index is 1070. The number of fused-ring (bicyclic) bond motifs is 2. The largest absolute Gasteiger partial charge is 0.333 e. The number of para-hydroxylation sites is 2. The Morgan fingerprint density at radius 1 is 1.15 bits per heavy atom. The zero-order chi connectivity index (χ0) is 18.3. The molecule has 1 aliphatic rings. The van der Waals surface area contributed by atoms with Gasteiger partial charge in [-0.2, -0.15) is 0 Å². The van der Waals surface area contributed by atoms with Crippen LogP contribution in [0.5, 0.6) is 0 Å². The summed E-state index contributed by atoms with van der Waals surface area (Å²) in [4.78, 5) is 27.0. The molecule has 1 aromatic heterocycles. The molecule has 26 heavy (non-hydrogen) atoms. The lowest BCUT2D eigenvalue weighted by atomic mass is 10.0. The second kappa shape index (κ2) is 6.41. The Kier molecular flexibility index (Phi) is 4.07. The van der Waals surface area contributed by atoms with Crippen LogP contribution >= 0.6 is 0 Å². The zero-order valence-corrected chi connectivity index (χ0v) is 14.5. The highest BCUT2D eigenvalue weighted by atomic mass is 19.1. The smallest absolute Gasteiger partial charge is 0.246 e. The molecule has 0 spiro atoms. The number of pyridine rings is 1. The van der Waals surface area contributed by atoms with Gasteiger partial charge in [0.2, 0.25) is 5.91 Å². The minimum Gasteiger partial charge on any atom is -0.333 e. The van der Waals surface area contributed by atoms with Crippen molar-refractivity contribution in [3.05, 3.63) is 75.8 Å². The third-order valence-electron chi connectivity index (χ3n) is 4.99. The van der Waals surface area contributed by atoms with Crippen LogP contribution < -0.4 is 10.3 Å². The van der Waals surface area contributed by atoms with Gasteiger partial charge in [0.25, 0.3) is 0 Å². The monoisotopic (exact) mass is 350 g/mol. The van der Waals surface area contributed by atoms with Crippen LogP contribution in [0.3, 0.4) is 0 Å². The molecule has 0 fully saturated rings. The molecule has 4 rings (SSSR count). The van der Waals surface area contributed by atoms with Gasteiger partial charge in [-0.15, -0.1) is 0 Å². The topological polar surface area (TPSA) is 42.3 Å². The standard InChI is InChI=1S/C21H19FN2O2/c1-14-12-19(25)16-8-4-9-17(22)21(16)24(14)13-20(26)23-11-5-7-15-6-2-3-10-18(15)23/h2-4,6,8-10,12H,5,7,11,13H2,1H3. The maximum atomic E-state index is 14.5. The van der Waals surface area contributed by atoms with Crippen LogP contribution in [-0.2, 0) is 17.8 Å². The molecule has 4 nitrogen and oxygen atoms in total. The van der Waals surface area contributed by atoms with Crippen molar-refractivity contribution in [3.63, 3.8) is 0 Å². The van der Waals surface area contributed by atoms with Crippen LogP contribution in [-0.4, -0.2) is 17.0 Å². The molecule has 3 aromatic rings. The summed E-state index contributed by atoms with van der Waals surface area (Å²) in [5.74, 6) is -0.594. The van der Waals surface area contributed by atoms with Crippen molar-refractivity contribution in [3.8, 4) is 0 Å². The minimum atomic E-state index is -0.491. The lowest BCUT2D eigenvalue weighted by Crippen LogP contribution is -2.38. The summed E-state index contributed by atoms with van der Waals surface area (Å²) < 4.78 is 16.1. The van der Waals surface area contributed by atoms with Gasteiger partial charge < -0.3 is 9.47 Å². The first-order valence-electron chi connectivity index (χ1n) is 8.73. The average molecular weight is 350 g/mol. The second-order valence-electron chi connectivity index (χ2n) is 6.65. The normalized spacial score (nSPS) is 13.7. The molecule has 2 heterocycles. The van der Waals surface area contributed by atoms with E-state index in [1.807, 2.05) is 24.3 Å². The fourth-order valence-electron chi connectivity index (χ4n) is 3.73. The Balaban J connectivity index is 1.77. The maximum absolute atomic E-state index is 14.5. The molecule has 0 atom stereocenters. The lowest BCUT2D eigenvalue weighted by Gasteiger charge is -2.30. The molecule has 0 aliphatic carbocycles. The Hall–Kier alpha value is -2.95. The molecule has 0 saturated heterocycles. The Morgan fingerprint density at radius 3 is 2.81 bits per heavy atom. The third-order valence-corrected chi connectivity index (χ3v) is 4.99. The predicted molar refractivity (Wildman–Crippen MR) is 100 cm³/mol. The number of halogens is 1. The van der Waals surface area contributed by atoms with Gasteiger partial charge in [-0.1, -0.05) is 24.3 Å². The van der Waals surface area contributed by atoms with Gasteiger partial charge in [0.05, 0.1) is 5.52 Å². The molecule has 0 N–H and O–H groups in total. The fraction of sp³-hybridized carbons (Fsp3) is 0.238. The molecular formula is C21H19FN2O2. The summed E-state index contributed by atoms with van der Waals surface area (Å²) in [5.41, 5.74) is 2.61. The van der Waals surface area contributed by atoms with E-state index < -0.39 is 5.82 Å². The van der Waals surface area contributed by atoms with Crippen LogP contribution in [0.1, 0.15) is 17.7 Å². The number of hydrogen-bond donors (Lipinski definition) is 0. The number of carbonyl (C=O) groups is 1. The van der Waals surface area contributed by atoms with Gasteiger partial charge in [-0.05, 0) is 43.5 Å². The molecule has 0 unspecified atom stereocenters. The van der Waals surface area contributed by atoms with Crippen molar-refractivity contribution in [1.29, 1.82) is 0 Å². The number of aromatic nitrogens is 1. The Labute approximate surface area is 150 Å². The molecule has 0 radical (unpaired) electrons. The van der Waals surface area contributed by atoms with E-state index in [0.717, 1.165) is 24.1 Å². The highest BCUT2D eigenvalue weighted by Crippen LogP contribution is 2.27. The fourth-order valence-corrected chi connectivity index (χ4v) is 3.73. The first-order valence-corrected chi connectivity index (χ1v) is 8.73. The number of rotatable bonds is 2. The molecule has 1 aliphatic heterocycles. The molecule has 5 heteroatoms. The predicted octanol–water partition coefficient (Wildman–Crippen LogP) is 3.43. The summed E-state index contributed by atoms with van der Waals surface area (Å²) >= 11 is 0. The van der Waals surface area contributed by atoms with Gasteiger partial charge >= 0.3 is 0 Å². The van der Waals surface area contributed by atoms with E-state index in [-0.39, 0.29) is 23.4 Å². The summed E-state index contributed by atoms with van der Waals surface area (Å²) in [6.45, 7) is 2.37. The summed E-state index contributed by atoms with van der Waals surface area (Å²) in [7, 11) is 0. The minimum absolute atomic E-state index is 0.00210. The summed E-state index contributed by atoms with van der Waals surface area (Å²) in [6.07, 6.45) is 1.86. The number of amides is 1. The van der Waals surface area contributed by atoms with Crippen molar-refractivity contribution < 1.29 is 9.18 Å². The quantitative estimate of drug-likeness (QED) is 0.711. The number of benzene rings is 2. The highest BCUT2D eigenvalue weighted by molar-refractivity contribution is 5.95. The lowest BCUT2D eigenvalue weighted by molar-refractivity contribution is -0.119. The molecule has 1 amide bonds. The van der Waals surface area contributed by atoms with Gasteiger partial charge in [0.15, 0.2) is 5.43 Å². The van der Waals surface area contributed by atoms with E-state index in [9.17, 15) is 14.0 Å². The Morgan fingerprint density at radius 2 is 1.96 bits per heavy atom. The van der Waals surface area contributed by atoms with Gasteiger partial charge in [-0.3, -0.25) is 9.59 Å². The van der Waals surface area contributed by atoms with E-state index in [1.54, 1.807) is 22.5 Å². The van der Waals surface area contributed by atoms with Gasteiger partial charge in [0, 0.05) is 29.4 Å². The molecule has 132 valence electrons. The van der Waals surface area contributed by atoms with E-state index in [2.05, 4.69) is 0 Å². The first kappa shape index (κ1) is 16.5. The van der Waals surface area contributed by atoms with Crippen molar-refractivity contribution >= 4 is 22.5 Å². The van der Waals surface area contributed by atoms with Crippen LogP contribution in [0.4, 0.5) is 10.1 Å². The highest BCUT2D eigenvalue weighted by Gasteiger charge is 2.23. The summed E-state index contributed by atoms with van der Waals surface area (Å²) in [6, 6.07) is 13.8. The van der Waals surface area contributed by atoms with Crippen LogP contribution in [0.25, 0.3) is 10.9 Å². The van der Waals surface area contributed by atoms with Crippen molar-refractivity contribution in [1.82, 2.24) is 4.57 Å². The molecule has 0 saturated carbocycles. The van der Waals surface area contributed by atoms with Crippen LogP contribution in [0, 0.1) is 12.7 Å². The number of hydrogen-bond acceptors (Lipinski definition) is 2. The number of anilines is 1. The van der Waals surface area contributed by atoms with Gasteiger partial charge in [-0.25, -0.2) is 4.39 Å². The molecule has 0 bridgehead atoms. The zero-order valence-electron chi connectivity index (χ0n) is 14.5. The first-order chi connectivity index (χ1) is 12.6. The number of aryl methyl sites for hydroxylation is 2. The maximum Gasteiger partial charge on any atom is 0.246 e. The summed E-state index contributed by atoms with van der Waals surface area (Å²) in [5, 5.41) is 0.294. The van der Waals surface area contributed by atoms with Crippen LogP contribution in [0.2, 0.25) is 0 Å². The molecular weight excluding hydrogens is 331 g/mol. The van der Waals surface area contributed by atoms with E-state index >= 15 is 0 Å². The van der Waals surface area contributed by atoms with Crippen molar-refractivity contribution in [2.45, 2.75) is 26.3 Å². The van der Waals surface area contributed by atoms with Crippen molar-refractivity contribution in [2.24, 2.45) is 0 Å².